The second kappa shape index (κ2) is 3.63. The second-order valence-electron chi connectivity index (χ2n) is 7.79. The second-order valence-corrected chi connectivity index (χ2v) is 7.79. The van der Waals surface area contributed by atoms with Crippen LogP contribution >= 0.6 is 0 Å². The third-order valence-electron chi connectivity index (χ3n) is 5.24. The molecule has 0 aromatic rings. The largest absolute Gasteiger partial charge is 0.399 e. The molecule has 2 aliphatic carbocycles. The van der Waals surface area contributed by atoms with E-state index in [1.165, 1.54) is 17.6 Å². The fourth-order valence-corrected chi connectivity index (χ4v) is 3.75. The van der Waals surface area contributed by atoms with Crippen LogP contribution in [0, 0.1) is 16.7 Å². The van der Waals surface area contributed by atoms with E-state index in [0.717, 1.165) is 12.1 Å². The standard InChI is InChI=1S/C16H28N2/c1-10-11-7-8-15(5,6)13(11)12(17)9-16(10,18)14(2,3)4/h9-10H,7-8,17-18H2,1-6H3. The molecule has 2 heteroatoms. The van der Waals surface area contributed by atoms with Crippen molar-refractivity contribution in [1.29, 1.82) is 0 Å². The van der Waals surface area contributed by atoms with Crippen LogP contribution in [0.25, 0.3) is 0 Å². The van der Waals surface area contributed by atoms with Gasteiger partial charge in [0.2, 0.25) is 0 Å². The Balaban J connectivity index is 2.55. The highest BCUT2D eigenvalue weighted by atomic mass is 14.8. The average molecular weight is 248 g/mol. The summed E-state index contributed by atoms with van der Waals surface area (Å²) in [5, 5.41) is 0. The van der Waals surface area contributed by atoms with E-state index in [4.69, 9.17) is 11.5 Å². The van der Waals surface area contributed by atoms with Crippen LogP contribution in [0.3, 0.4) is 0 Å². The lowest BCUT2D eigenvalue weighted by Crippen LogP contribution is -2.57. The van der Waals surface area contributed by atoms with Crippen LogP contribution in [0.5, 0.6) is 0 Å². The molecular formula is C16H28N2. The molecule has 0 saturated heterocycles. The van der Waals surface area contributed by atoms with Gasteiger partial charge in [-0.2, -0.15) is 0 Å². The third kappa shape index (κ3) is 1.65. The normalized spacial score (nSPS) is 35.5. The van der Waals surface area contributed by atoms with Crippen molar-refractivity contribution in [2.24, 2.45) is 28.2 Å². The SMILES string of the molecule is CC1C2=C(C(N)=CC1(N)C(C)(C)C)C(C)(C)CC2. The van der Waals surface area contributed by atoms with Gasteiger partial charge in [-0.25, -0.2) is 0 Å². The maximum absolute atomic E-state index is 6.72. The van der Waals surface area contributed by atoms with Gasteiger partial charge in [0.15, 0.2) is 0 Å². The molecule has 0 heterocycles. The first kappa shape index (κ1) is 13.7. The monoisotopic (exact) mass is 248 g/mol. The molecule has 2 rings (SSSR count). The first-order valence-electron chi connectivity index (χ1n) is 7.02. The molecule has 2 unspecified atom stereocenters. The predicted octanol–water partition coefficient (Wildman–Crippen LogP) is 3.34. The molecule has 0 aromatic carbocycles. The summed E-state index contributed by atoms with van der Waals surface area (Å²) >= 11 is 0. The van der Waals surface area contributed by atoms with E-state index in [-0.39, 0.29) is 16.4 Å². The fourth-order valence-electron chi connectivity index (χ4n) is 3.75. The number of rotatable bonds is 0. The van der Waals surface area contributed by atoms with Gasteiger partial charge in [-0.05, 0) is 41.2 Å². The van der Waals surface area contributed by atoms with Crippen LogP contribution in [0.15, 0.2) is 22.9 Å². The number of nitrogens with two attached hydrogens (primary N) is 2. The molecule has 2 nitrogen and oxygen atoms in total. The Hall–Kier alpha value is -0.760. The van der Waals surface area contributed by atoms with Crippen molar-refractivity contribution in [3.63, 3.8) is 0 Å². The van der Waals surface area contributed by atoms with Crippen LogP contribution in [0.2, 0.25) is 0 Å². The Bertz CT molecular complexity index is 435. The highest BCUT2D eigenvalue weighted by molar-refractivity contribution is 5.49. The van der Waals surface area contributed by atoms with Crippen LogP contribution < -0.4 is 11.5 Å². The summed E-state index contributed by atoms with van der Waals surface area (Å²) < 4.78 is 0. The average Bonchev–Trinajstić information content (AvgIpc) is 2.49. The number of allylic oxidation sites excluding steroid dienone is 1. The summed E-state index contributed by atoms with van der Waals surface area (Å²) in [5.74, 6) is 0.376. The van der Waals surface area contributed by atoms with Crippen molar-refractivity contribution in [3.8, 4) is 0 Å². The summed E-state index contributed by atoms with van der Waals surface area (Å²) in [6, 6.07) is 0. The summed E-state index contributed by atoms with van der Waals surface area (Å²) in [6.45, 7) is 13.5. The van der Waals surface area contributed by atoms with Gasteiger partial charge in [-0.15, -0.1) is 0 Å². The van der Waals surface area contributed by atoms with Gasteiger partial charge in [0, 0.05) is 11.2 Å². The number of hydrogen-bond acceptors (Lipinski definition) is 2. The molecule has 2 atom stereocenters. The maximum atomic E-state index is 6.72. The van der Waals surface area contributed by atoms with Gasteiger partial charge in [0.1, 0.15) is 0 Å². The Morgan fingerprint density at radius 3 is 2.33 bits per heavy atom. The minimum Gasteiger partial charge on any atom is -0.399 e. The van der Waals surface area contributed by atoms with Crippen molar-refractivity contribution < 1.29 is 0 Å². The van der Waals surface area contributed by atoms with Crippen molar-refractivity contribution >= 4 is 0 Å². The lowest BCUT2D eigenvalue weighted by atomic mass is 9.61. The van der Waals surface area contributed by atoms with Gasteiger partial charge in [-0.1, -0.05) is 47.1 Å². The van der Waals surface area contributed by atoms with Gasteiger partial charge < -0.3 is 11.5 Å². The number of hydrogen-bond donors (Lipinski definition) is 2. The molecule has 0 fully saturated rings. The molecule has 0 spiro atoms. The van der Waals surface area contributed by atoms with Crippen LogP contribution in [0.1, 0.15) is 54.4 Å². The molecule has 0 radical (unpaired) electrons. The molecule has 4 N–H and O–H groups in total. The molecular weight excluding hydrogens is 220 g/mol. The maximum Gasteiger partial charge on any atom is 0.0474 e. The van der Waals surface area contributed by atoms with E-state index in [0.29, 0.717) is 5.92 Å². The van der Waals surface area contributed by atoms with Crippen molar-refractivity contribution in [2.75, 3.05) is 0 Å². The van der Waals surface area contributed by atoms with Gasteiger partial charge >= 0.3 is 0 Å². The smallest absolute Gasteiger partial charge is 0.0474 e. The summed E-state index contributed by atoms with van der Waals surface area (Å²) in [7, 11) is 0. The predicted molar refractivity (Wildman–Crippen MR) is 77.8 cm³/mol. The highest BCUT2D eigenvalue weighted by Crippen LogP contribution is 2.54. The fraction of sp³-hybridized carbons (Fsp3) is 0.750. The topological polar surface area (TPSA) is 52.0 Å². The summed E-state index contributed by atoms with van der Waals surface area (Å²) in [4.78, 5) is 0. The Morgan fingerprint density at radius 1 is 1.28 bits per heavy atom. The first-order valence-corrected chi connectivity index (χ1v) is 7.02. The lowest BCUT2D eigenvalue weighted by molar-refractivity contribution is 0.183. The third-order valence-corrected chi connectivity index (χ3v) is 5.24. The molecule has 102 valence electrons. The lowest BCUT2D eigenvalue weighted by Gasteiger charge is -2.48. The quantitative estimate of drug-likeness (QED) is 0.691. The Labute approximate surface area is 112 Å². The molecule has 0 amide bonds. The van der Waals surface area contributed by atoms with E-state index < -0.39 is 0 Å². The minimum absolute atomic E-state index is 0.0162. The Morgan fingerprint density at radius 2 is 1.83 bits per heavy atom. The van der Waals surface area contributed by atoms with Crippen molar-refractivity contribution in [3.05, 3.63) is 22.9 Å². The van der Waals surface area contributed by atoms with E-state index in [9.17, 15) is 0 Å². The zero-order valence-electron chi connectivity index (χ0n) is 12.7. The van der Waals surface area contributed by atoms with E-state index in [1.54, 1.807) is 0 Å². The van der Waals surface area contributed by atoms with Crippen LogP contribution in [0.4, 0.5) is 0 Å². The summed E-state index contributed by atoms with van der Waals surface area (Å²) in [6.07, 6.45) is 4.47. The van der Waals surface area contributed by atoms with E-state index in [2.05, 4.69) is 47.6 Å². The van der Waals surface area contributed by atoms with E-state index in [1.807, 2.05) is 0 Å². The molecule has 2 aliphatic rings. The zero-order chi connectivity index (χ0) is 13.9. The van der Waals surface area contributed by atoms with Crippen molar-refractivity contribution in [2.45, 2.75) is 59.9 Å². The van der Waals surface area contributed by atoms with Gasteiger partial charge in [-0.3, -0.25) is 0 Å². The molecule has 0 saturated carbocycles. The summed E-state index contributed by atoms with van der Waals surface area (Å²) in [5.41, 5.74) is 16.8. The van der Waals surface area contributed by atoms with Gasteiger partial charge in [0.25, 0.3) is 0 Å². The van der Waals surface area contributed by atoms with Crippen LogP contribution in [-0.4, -0.2) is 5.54 Å². The van der Waals surface area contributed by atoms with E-state index >= 15 is 0 Å². The Kier molecular flexibility index (Phi) is 2.76. The zero-order valence-corrected chi connectivity index (χ0v) is 12.7. The van der Waals surface area contributed by atoms with Crippen molar-refractivity contribution in [1.82, 2.24) is 0 Å². The molecule has 0 aliphatic heterocycles. The van der Waals surface area contributed by atoms with Gasteiger partial charge in [0.05, 0.1) is 0 Å². The molecule has 0 aromatic heterocycles. The molecule has 18 heavy (non-hydrogen) atoms. The minimum atomic E-state index is -0.337. The first-order chi connectivity index (χ1) is 8.01. The molecule has 0 bridgehead atoms. The highest BCUT2D eigenvalue weighted by Gasteiger charge is 2.49. The van der Waals surface area contributed by atoms with Crippen LogP contribution in [-0.2, 0) is 0 Å².